The molecule has 0 radical (unpaired) electrons. The first-order valence-electron chi connectivity index (χ1n) is 9.15. The van der Waals surface area contributed by atoms with E-state index in [1.165, 1.54) is 23.7 Å². The maximum atomic E-state index is 12.3. The van der Waals surface area contributed by atoms with Gasteiger partial charge in [0, 0.05) is 6.42 Å². The second-order valence-corrected chi connectivity index (χ2v) is 6.73. The number of aryl methyl sites for hydroxylation is 1. The van der Waals surface area contributed by atoms with Crippen LogP contribution in [0.1, 0.15) is 51.1 Å². The molecule has 0 amide bonds. The number of aliphatic hydroxyl groups excluding tert-OH is 3. The van der Waals surface area contributed by atoms with E-state index < -0.39 is 31.1 Å². The van der Waals surface area contributed by atoms with E-state index in [1.54, 1.807) is 0 Å². The molecule has 2 aromatic heterocycles. The Labute approximate surface area is 150 Å². The average molecular weight is 366 g/mol. The van der Waals surface area contributed by atoms with Gasteiger partial charge < -0.3 is 25.0 Å². The number of rotatable bonds is 8. The monoisotopic (exact) mass is 366 g/mol. The van der Waals surface area contributed by atoms with Crippen molar-refractivity contribution in [2.45, 2.75) is 70.0 Å². The molecule has 2 aromatic rings. The molecule has 3 heterocycles. The molecule has 26 heavy (non-hydrogen) atoms. The number of imidazole rings is 1. The van der Waals surface area contributed by atoms with E-state index in [1.807, 2.05) is 0 Å². The number of aromatic nitrogens is 4. The van der Waals surface area contributed by atoms with Gasteiger partial charge in [-0.25, -0.2) is 9.97 Å². The first-order chi connectivity index (χ1) is 12.6. The van der Waals surface area contributed by atoms with Gasteiger partial charge in [-0.15, -0.1) is 0 Å². The summed E-state index contributed by atoms with van der Waals surface area (Å²) in [5.74, 6) is 0.562. The molecular weight excluding hydrogens is 340 g/mol. The Kier molecular flexibility index (Phi) is 6.02. The summed E-state index contributed by atoms with van der Waals surface area (Å²) < 4.78 is 6.95. The second kappa shape index (κ2) is 8.26. The number of hydrogen-bond donors (Lipinski definition) is 4. The van der Waals surface area contributed by atoms with Gasteiger partial charge >= 0.3 is 0 Å². The minimum Gasteiger partial charge on any atom is -0.394 e. The SMILES string of the molecule is CCCCCCCc1nc2c(ncn2[C@@H]2O[C@H](CO)[C@@H](O)[C@H]2O)c(=O)[nH]1. The Hall–Kier alpha value is -1.81. The molecule has 9 heteroatoms. The van der Waals surface area contributed by atoms with Crippen molar-refractivity contribution >= 4 is 11.2 Å². The number of aliphatic hydroxyl groups is 3. The summed E-state index contributed by atoms with van der Waals surface area (Å²) in [5, 5.41) is 29.4. The molecular formula is C17H26N4O5. The zero-order valence-electron chi connectivity index (χ0n) is 14.8. The van der Waals surface area contributed by atoms with Gasteiger partial charge in [-0.05, 0) is 6.42 Å². The molecule has 0 spiro atoms. The van der Waals surface area contributed by atoms with Gasteiger partial charge in [0.1, 0.15) is 24.1 Å². The van der Waals surface area contributed by atoms with Crippen LogP contribution in [0.15, 0.2) is 11.1 Å². The van der Waals surface area contributed by atoms with Crippen LogP contribution in [0.5, 0.6) is 0 Å². The number of ether oxygens (including phenoxy) is 1. The first kappa shape index (κ1) is 19.0. The topological polar surface area (TPSA) is 133 Å². The summed E-state index contributed by atoms with van der Waals surface area (Å²) in [6.07, 6.45) is 3.21. The van der Waals surface area contributed by atoms with Crippen molar-refractivity contribution in [3.63, 3.8) is 0 Å². The minimum absolute atomic E-state index is 0.150. The predicted octanol–water partition coefficient (Wildman–Crippen LogP) is 0.244. The molecule has 3 rings (SSSR count). The number of H-pyrrole nitrogens is 1. The maximum absolute atomic E-state index is 12.3. The first-order valence-corrected chi connectivity index (χ1v) is 9.15. The van der Waals surface area contributed by atoms with Crippen molar-refractivity contribution < 1.29 is 20.1 Å². The molecule has 0 saturated carbocycles. The van der Waals surface area contributed by atoms with Crippen LogP contribution in [0.4, 0.5) is 0 Å². The smallest absolute Gasteiger partial charge is 0.279 e. The van der Waals surface area contributed by atoms with Crippen LogP contribution < -0.4 is 5.56 Å². The van der Waals surface area contributed by atoms with E-state index in [9.17, 15) is 20.1 Å². The van der Waals surface area contributed by atoms with E-state index in [-0.39, 0.29) is 11.1 Å². The van der Waals surface area contributed by atoms with E-state index in [0.717, 1.165) is 19.3 Å². The van der Waals surface area contributed by atoms with Gasteiger partial charge in [0.25, 0.3) is 5.56 Å². The van der Waals surface area contributed by atoms with Gasteiger partial charge in [0.15, 0.2) is 17.4 Å². The predicted molar refractivity (Wildman–Crippen MR) is 93.6 cm³/mol. The van der Waals surface area contributed by atoms with Crippen LogP contribution in [0, 0.1) is 0 Å². The third-order valence-corrected chi connectivity index (χ3v) is 4.79. The lowest BCUT2D eigenvalue weighted by molar-refractivity contribution is -0.0511. The maximum Gasteiger partial charge on any atom is 0.279 e. The highest BCUT2D eigenvalue weighted by Gasteiger charge is 2.44. The fourth-order valence-electron chi connectivity index (χ4n) is 3.28. The van der Waals surface area contributed by atoms with Crippen molar-refractivity contribution in [2.75, 3.05) is 6.61 Å². The van der Waals surface area contributed by atoms with Crippen LogP contribution >= 0.6 is 0 Å². The summed E-state index contributed by atoms with van der Waals surface area (Å²) >= 11 is 0. The van der Waals surface area contributed by atoms with Crippen molar-refractivity contribution in [3.8, 4) is 0 Å². The molecule has 1 aliphatic heterocycles. The molecule has 0 unspecified atom stereocenters. The largest absolute Gasteiger partial charge is 0.394 e. The molecule has 1 saturated heterocycles. The summed E-state index contributed by atoms with van der Waals surface area (Å²) in [5.41, 5.74) is 0.105. The Morgan fingerprint density at radius 1 is 1.23 bits per heavy atom. The molecule has 0 aliphatic carbocycles. The number of nitrogens with zero attached hydrogens (tertiary/aromatic N) is 3. The van der Waals surface area contributed by atoms with Gasteiger partial charge in [0.2, 0.25) is 0 Å². The van der Waals surface area contributed by atoms with Crippen LogP contribution in [0.3, 0.4) is 0 Å². The summed E-state index contributed by atoms with van der Waals surface area (Å²) in [6, 6.07) is 0. The standard InChI is InChI=1S/C17H26N4O5/c1-2-3-4-5-6-7-11-19-15-12(16(25)20-11)18-9-21(15)17-14(24)13(23)10(8-22)26-17/h9-10,13-14,17,22-24H,2-8H2,1H3,(H,19,20,25)/t10-,13-,14-,17-/m1/s1. The quantitative estimate of drug-likeness (QED) is 0.492. The fourth-order valence-corrected chi connectivity index (χ4v) is 3.28. The lowest BCUT2D eigenvalue weighted by Crippen LogP contribution is -2.33. The summed E-state index contributed by atoms with van der Waals surface area (Å²) in [4.78, 5) is 23.5. The van der Waals surface area contributed by atoms with Crippen molar-refractivity contribution in [1.82, 2.24) is 19.5 Å². The third-order valence-electron chi connectivity index (χ3n) is 4.79. The Morgan fingerprint density at radius 2 is 2.00 bits per heavy atom. The van der Waals surface area contributed by atoms with Gasteiger partial charge in [-0.3, -0.25) is 9.36 Å². The molecule has 1 aliphatic rings. The van der Waals surface area contributed by atoms with Crippen LogP contribution in [-0.2, 0) is 11.2 Å². The number of hydrogen-bond acceptors (Lipinski definition) is 7. The van der Waals surface area contributed by atoms with Gasteiger partial charge in [-0.1, -0.05) is 32.6 Å². The average Bonchev–Trinajstić information content (AvgIpc) is 3.17. The van der Waals surface area contributed by atoms with E-state index >= 15 is 0 Å². The third kappa shape index (κ3) is 3.66. The molecule has 4 N–H and O–H groups in total. The normalized spacial score (nSPS) is 26.0. The van der Waals surface area contributed by atoms with Crippen LogP contribution in [-0.4, -0.2) is 59.8 Å². The molecule has 0 aromatic carbocycles. The lowest BCUT2D eigenvalue weighted by atomic mass is 10.1. The van der Waals surface area contributed by atoms with E-state index in [4.69, 9.17) is 4.74 Å². The fraction of sp³-hybridized carbons (Fsp3) is 0.706. The molecule has 1 fully saturated rings. The highest BCUT2D eigenvalue weighted by Crippen LogP contribution is 2.30. The zero-order valence-corrected chi connectivity index (χ0v) is 14.8. The van der Waals surface area contributed by atoms with Crippen molar-refractivity contribution in [1.29, 1.82) is 0 Å². The Morgan fingerprint density at radius 3 is 2.69 bits per heavy atom. The highest BCUT2D eigenvalue weighted by atomic mass is 16.6. The highest BCUT2D eigenvalue weighted by molar-refractivity contribution is 5.69. The second-order valence-electron chi connectivity index (χ2n) is 6.73. The van der Waals surface area contributed by atoms with Crippen molar-refractivity contribution in [2.24, 2.45) is 0 Å². The van der Waals surface area contributed by atoms with Crippen LogP contribution in [0.25, 0.3) is 11.2 Å². The molecule has 9 nitrogen and oxygen atoms in total. The van der Waals surface area contributed by atoms with Crippen molar-refractivity contribution in [3.05, 3.63) is 22.5 Å². The number of fused-ring (bicyclic) bond motifs is 1. The van der Waals surface area contributed by atoms with E-state index in [0.29, 0.717) is 17.9 Å². The zero-order chi connectivity index (χ0) is 18.7. The summed E-state index contributed by atoms with van der Waals surface area (Å²) in [6.45, 7) is 1.74. The molecule has 144 valence electrons. The Bertz CT molecular complexity index is 789. The van der Waals surface area contributed by atoms with Gasteiger partial charge in [-0.2, -0.15) is 0 Å². The minimum atomic E-state index is -1.25. The van der Waals surface area contributed by atoms with Gasteiger partial charge in [0.05, 0.1) is 12.9 Å². The molecule has 4 atom stereocenters. The number of aromatic amines is 1. The number of nitrogens with one attached hydrogen (secondary N) is 1. The van der Waals surface area contributed by atoms with E-state index in [2.05, 4.69) is 21.9 Å². The van der Waals surface area contributed by atoms with Crippen LogP contribution in [0.2, 0.25) is 0 Å². The molecule has 0 bridgehead atoms. The number of unbranched alkanes of at least 4 members (excludes halogenated alkanes) is 4. The Balaban J connectivity index is 1.83. The summed E-state index contributed by atoms with van der Waals surface area (Å²) in [7, 11) is 0. The lowest BCUT2D eigenvalue weighted by Gasteiger charge is -2.16.